The lowest BCUT2D eigenvalue weighted by atomic mass is 9.93. The molecule has 0 saturated heterocycles. The number of aliphatic carboxylic acids is 1. The molecule has 1 aliphatic rings. The van der Waals surface area contributed by atoms with Crippen molar-refractivity contribution in [2.24, 2.45) is 11.7 Å². The molecular formula is C23H20N4O2. The Morgan fingerprint density at radius 3 is 2.55 bits per heavy atom. The van der Waals surface area contributed by atoms with E-state index in [0.717, 1.165) is 21.9 Å². The second-order valence-electron chi connectivity index (χ2n) is 6.99. The van der Waals surface area contributed by atoms with Gasteiger partial charge in [-0.1, -0.05) is 54.6 Å². The molecule has 1 aromatic heterocycles. The molecule has 1 aliphatic carbocycles. The van der Waals surface area contributed by atoms with Gasteiger partial charge in [0.15, 0.2) is 0 Å². The first-order valence-corrected chi connectivity index (χ1v) is 9.19. The van der Waals surface area contributed by atoms with E-state index in [0.29, 0.717) is 29.1 Å². The highest BCUT2D eigenvalue weighted by atomic mass is 16.4. The van der Waals surface area contributed by atoms with Gasteiger partial charge in [-0.05, 0) is 34.9 Å². The minimum Gasteiger partial charge on any atom is -0.481 e. The fraction of sp³-hybridized carbons (Fsp3) is 0.0870. The topological polar surface area (TPSA) is 126 Å². The second-order valence-corrected chi connectivity index (χ2v) is 6.99. The van der Waals surface area contributed by atoms with Crippen LogP contribution in [0.15, 0.2) is 66.8 Å². The molecule has 1 heterocycles. The number of hydrogen-bond acceptors (Lipinski definition) is 4. The molecule has 0 spiro atoms. The van der Waals surface area contributed by atoms with Gasteiger partial charge in [-0.25, -0.2) is 4.98 Å². The third-order valence-electron chi connectivity index (χ3n) is 5.05. The number of carboxylic acids is 1. The molecule has 3 aromatic rings. The number of hydrogen-bond donors (Lipinski definition) is 4. The summed E-state index contributed by atoms with van der Waals surface area (Å²) < 4.78 is 0. The van der Waals surface area contributed by atoms with E-state index in [1.165, 1.54) is 0 Å². The van der Waals surface area contributed by atoms with Crippen LogP contribution in [-0.2, 0) is 4.79 Å². The summed E-state index contributed by atoms with van der Waals surface area (Å²) in [6.07, 6.45) is 5.65. The molecule has 29 heavy (non-hydrogen) atoms. The van der Waals surface area contributed by atoms with Gasteiger partial charge in [-0.2, -0.15) is 0 Å². The Morgan fingerprint density at radius 1 is 1.14 bits per heavy atom. The van der Waals surface area contributed by atoms with Crippen LogP contribution in [0.5, 0.6) is 0 Å². The maximum atomic E-state index is 11.2. The van der Waals surface area contributed by atoms with Gasteiger partial charge in [0.05, 0.1) is 22.9 Å². The van der Waals surface area contributed by atoms with Crippen molar-refractivity contribution < 1.29 is 9.90 Å². The Morgan fingerprint density at radius 2 is 1.90 bits per heavy atom. The third-order valence-corrected chi connectivity index (χ3v) is 5.05. The molecule has 1 unspecified atom stereocenters. The molecule has 6 N–H and O–H groups in total. The third kappa shape index (κ3) is 3.48. The maximum absolute atomic E-state index is 11.2. The predicted molar refractivity (Wildman–Crippen MR) is 115 cm³/mol. The number of fused-ring (bicyclic) bond motifs is 1. The summed E-state index contributed by atoms with van der Waals surface area (Å²) in [5, 5.41) is 19.3. The number of rotatable bonds is 4. The monoisotopic (exact) mass is 384 g/mol. The second kappa shape index (κ2) is 7.24. The van der Waals surface area contributed by atoms with E-state index < -0.39 is 11.9 Å². The van der Waals surface area contributed by atoms with Crippen molar-refractivity contribution in [3.63, 3.8) is 0 Å². The molecule has 0 fully saturated rings. The molecule has 0 bridgehead atoms. The molecule has 4 rings (SSSR count). The van der Waals surface area contributed by atoms with Gasteiger partial charge in [0.1, 0.15) is 5.84 Å². The fourth-order valence-electron chi connectivity index (χ4n) is 3.53. The van der Waals surface area contributed by atoms with Gasteiger partial charge in [0.25, 0.3) is 0 Å². The van der Waals surface area contributed by atoms with Gasteiger partial charge in [0.2, 0.25) is 0 Å². The minimum atomic E-state index is -0.854. The SMILES string of the molecule is N=C(N)c1c(N)cc(C2=CCC(C(=O)O)C=C2)nc1-c1ccc2ccccc2c1. The first-order valence-electron chi connectivity index (χ1n) is 9.19. The van der Waals surface area contributed by atoms with Gasteiger partial charge in [0, 0.05) is 11.3 Å². The molecular weight excluding hydrogens is 364 g/mol. The number of nitrogen functional groups attached to an aromatic ring is 2. The first kappa shape index (κ1) is 18.4. The molecule has 0 amide bonds. The number of pyridine rings is 1. The largest absolute Gasteiger partial charge is 0.481 e. The lowest BCUT2D eigenvalue weighted by Gasteiger charge is -2.16. The molecule has 144 valence electrons. The Labute approximate surface area is 167 Å². The molecule has 1 atom stereocenters. The Bertz CT molecular complexity index is 1210. The van der Waals surface area contributed by atoms with E-state index in [2.05, 4.69) is 0 Å². The van der Waals surface area contributed by atoms with E-state index in [1.807, 2.05) is 48.5 Å². The fourth-order valence-corrected chi connectivity index (χ4v) is 3.53. The van der Waals surface area contributed by atoms with E-state index in [1.54, 1.807) is 18.2 Å². The highest BCUT2D eigenvalue weighted by Crippen LogP contribution is 2.32. The normalized spacial score (nSPS) is 15.9. The highest BCUT2D eigenvalue weighted by Gasteiger charge is 2.20. The zero-order valence-electron chi connectivity index (χ0n) is 15.6. The summed E-state index contributed by atoms with van der Waals surface area (Å²) in [6, 6.07) is 15.6. The smallest absolute Gasteiger partial charge is 0.310 e. The van der Waals surface area contributed by atoms with Crippen molar-refractivity contribution in [2.75, 3.05) is 5.73 Å². The van der Waals surface area contributed by atoms with E-state index in [-0.39, 0.29) is 5.84 Å². The Balaban J connectivity index is 1.85. The molecule has 2 aromatic carbocycles. The number of carbonyl (C=O) groups is 1. The van der Waals surface area contributed by atoms with Crippen LogP contribution >= 0.6 is 0 Å². The number of carboxylic acid groups (broad SMARTS) is 1. The zero-order valence-corrected chi connectivity index (χ0v) is 15.6. The van der Waals surface area contributed by atoms with Crippen molar-refractivity contribution in [3.05, 3.63) is 78.0 Å². The number of benzene rings is 2. The van der Waals surface area contributed by atoms with Gasteiger partial charge in [-0.3, -0.25) is 10.2 Å². The van der Waals surface area contributed by atoms with Crippen molar-refractivity contribution >= 4 is 33.8 Å². The number of nitrogens with two attached hydrogens (primary N) is 2. The van der Waals surface area contributed by atoms with Gasteiger partial charge in [-0.15, -0.1) is 0 Å². The molecule has 6 heteroatoms. The number of aromatic nitrogens is 1. The summed E-state index contributed by atoms with van der Waals surface area (Å²) in [6.45, 7) is 0. The summed E-state index contributed by atoms with van der Waals surface area (Å²) in [5.41, 5.74) is 15.6. The highest BCUT2D eigenvalue weighted by molar-refractivity contribution is 6.06. The summed E-state index contributed by atoms with van der Waals surface area (Å²) in [4.78, 5) is 15.9. The van der Waals surface area contributed by atoms with Crippen molar-refractivity contribution in [1.82, 2.24) is 4.98 Å². The zero-order chi connectivity index (χ0) is 20.5. The maximum Gasteiger partial charge on any atom is 0.310 e. The quantitative estimate of drug-likeness (QED) is 0.402. The summed E-state index contributed by atoms with van der Waals surface area (Å²) in [7, 11) is 0. The predicted octanol–water partition coefficient (Wildman–Crippen LogP) is 3.81. The van der Waals surface area contributed by atoms with E-state index >= 15 is 0 Å². The van der Waals surface area contributed by atoms with E-state index in [9.17, 15) is 4.79 Å². The van der Waals surface area contributed by atoms with Crippen molar-refractivity contribution in [1.29, 1.82) is 5.41 Å². The van der Waals surface area contributed by atoms with Crippen molar-refractivity contribution in [3.8, 4) is 11.3 Å². The Hall–Kier alpha value is -3.93. The molecule has 6 nitrogen and oxygen atoms in total. The van der Waals surface area contributed by atoms with Crippen LogP contribution in [0.25, 0.3) is 27.6 Å². The van der Waals surface area contributed by atoms with Gasteiger partial charge >= 0.3 is 5.97 Å². The number of allylic oxidation sites excluding steroid dienone is 3. The molecule has 0 radical (unpaired) electrons. The van der Waals surface area contributed by atoms with Crippen LogP contribution in [0, 0.1) is 11.3 Å². The number of nitrogens with one attached hydrogen (secondary N) is 1. The average molecular weight is 384 g/mol. The van der Waals surface area contributed by atoms with Crippen LogP contribution in [-0.4, -0.2) is 21.9 Å². The lowest BCUT2D eigenvalue weighted by Crippen LogP contribution is -2.17. The van der Waals surface area contributed by atoms with Crippen molar-refractivity contribution in [2.45, 2.75) is 6.42 Å². The van der Waals surface area contributed by atoms with Crippen LogP contribution in [0.1, 0.15) is 17.7 Å². The van der Waals surface area contributed by atoms with Crippen LogP contribution in [0.2, 0.25) is 0 Å². The number of amidine groups is 1. The summed E-state index contributed by atoms with van der Waals surface area (Å²) in [5.74, 6) is -1.54. The first-order chi connectivity index (χ1) is 13.9. The average Bonchev–Trinajstić information content (AvgIpc) is 2.72. The lowest BCUT2D eigenvalue weighted by molar-refractivity contribution is -0.139. The minimum absolute atomic E-state index is 0.149. The standard InChI is InChI=1S/C23H20N4O2/c24-18-12-19(14-6-8-15(9-7-14)23(28)29)27-21(20(18)22(25)26)17-10-5-13-3-1-2-4-16(13)11-17/h1-8,10-12,15H,9H2,(H2,24,27)(H3,25,26)(H,28,29). The molecule has 0 aliphatic heterocycles. The van der Waals surface area contributed by atoms with Crippen LogP contribution in [0.3, 0.4) is 0 Å². The van der Waals surface area contributed by atoms with Crippen LogP contribution < -0.4 is 11.5 Å². The van der Waals surface area contributed by atoms with Crippen LogP contribution in [0.4, 0.5) is 5.69 Å². The molecule has 0 saturated carbocycles. The number of nitrogens with zero attached hydrogens (tertiary/aromatic N) is 1. The van der Waals surface area contributed by atoms with Gasteiger partial charge < -0.3 is 16.6 Å². The number of anilines is 1. The summed E-state index contributed by atoms with van der Waals surface area (Å²) >= 11 is 0. The Kier molecular flexibility index (Phi) is 4.60. The van der Waals surface area contributed by atoms with E-state index in [4.69, 9.17) is 27.0 Å².